The average Bonchev–Trinajstić information content (AvgIpc) is 3.10. The summed E-state index contributed by atoms with van der Waals surface area (Å²) in [6, 6.07) is 11.6. The molecule has 0 bridgehead atoms. The summed E-state index contributed by atoms with van der Waals surface area (Å²) in [6.45, 7) is 2.80. The number of aryl methyl sites for hydroxylation is 1. The van der Waals surface area contributed by atoms with E-state index in [0.29, 0.717) is 11.3 Å². The van der Waals surface area contributed by atoms with E-state index in [4.69, 9.17) is 0 Å². The molecule has 0 radical (unpaired) electrons. The Kier molecular flexibility index (Phi) is 3.15. The molecule has 2 heterocycles. The molecule has 5 heteroatoms. The maximum absolute atomic E-state index is 14.2. The fraction of sp³-hybridized carbons (Fsp3) is 0.167. The van der Waals surface area contributed by atoms with E-state index < -0.39 is 11.6 Å². The fourth-order valence-corrected chi connectivity index (χ4v) is 3.02. The number of fused-ring (bicyclic) bond motifs is 1. The number of hydrogen-bond acceptors (Lipinski definition) is 2. The van der Waals surface area contributed by atoms with Gasteiger partial charge in [0.1, 0.15) is 23.1 Å². The molecule has 0 unspecified atom stereocenters. The molecule has 0 fully saturated rings. The Morgan fingerprint density at radius 3 is 2.78 bits per heavy atom. The predicted molar refractivity (Wildman–Crippen MR) is 85.8 cm³/mol. The topological polar surface area (TPSA) is 29.9 Å². The van der Waals surface area contributed by atoms with Gasteiger partial charge < -0.3 is 5.32 Å². The number of aromatic nitrogens is 2. The zero-order chi connectivity index (χ0) is 16.0. The minimum absolute atomic E-state index is 0.331. The first kappa shape index (κ1) is 13.9. The van der Waals surface area contributed by atoms with Crippen molar-refractivity contribution < 1.29 is 8.78 Å². The molecule has 116 valence electrons. The lowest BCUT2D eigenvalue weighted by Gasteiger charge is -2.07. The first-order valence-corrected chi connectivity index (χ1v) is 7.52. The van der Waals surface area contributed by atoms with E-state index >= 15 is 0 Å². The number of anilines is 1. The SMILES string of the molecule is Cc1cccc(-n2nc(-c3ccc(F)cc3F)c3c2NCC3)c1. The van der Waals surface area contributed by atoms with Gasteiger partial charge in [0.2, 0.25) is 0 Å². The van der Waals surface area contributed by atoms with Crippen LogP contribution in [0.2, 0.25) is 0 Å². The number of benzene rings is 2. The second-order valence-corrected chi connectivity index (χ2v) is 5.73. The van der Waals surface area contributed by atoms with Crippen molar-refractivity contribution >= 4 is 5.82 Å². The normalized spacial score (nSPS) is 13.0. The molecule has 1 aliphatic heterocycles. The monoisotopic (exact) mass is 311 g/mol. The third-order valence-electron chi connectivity index (χ3n) is 4.08. The van der Waals surface area contributed by atoms with E-state index in [-0.39, 0.29) is 0 Å². The van der Waals surface area contributed by atoms with Gasteiger partial charge >= 0.3 is 0 Å². The zero-order valence-electron chi connectivity index (χ0n) is 12.6. The smallest absolute Gasteiger partial charge is 0.135 e. The molecule has 1 aliphatic rings. The van der Waals surface area contributed by atoms with Gasteiger partial charge in [-0.15, -0.1) is 0 Å². The van der Waals surface area contributed by atoms with Gasteiger partial charge in [-0.05, 0) is 43.2 Å². The number of rotatable bonds is 2. The summed E-state index contributed by atoms with van der Waals surface area (Å²) in [4.78, 5) is 0. The van der Waals surface area contributed by atoms with E-state index in [1.807, 2.05) is 31.2 Å². The van der Waals surface area contributed by atoms with Gasteiger partial charge in [0.05, 0.1) is 5.69 Å². The minimum Gasteiger partial charge on any atom is -0.369 e. The van der Waals surface area contributed by atoms with Gasteiger partial charge in [0.15, 0.2) is 0 Å². The lowest BCUT2D eigenvalue weighted by molar-refractivity contribution is 0.585. The van der Waals surface area contributed by atoms with Crippen LogP contribution in [0.15, 0.2) is 42.5 Å². The molecule has 0 aliphatic carbocycles. The molecule has 0 saturated heterocycles. The summed E-state index contributed by atoms with van der Waals surface area (Å²) in [5.74, 6) is -0.290. The van der Waals surface area contributed by atoms with Crippen molar-refractivity contribution in [2.75, 3.05) is 11.9 Å². The molecular weight excluding hydrogens is 296 g/mol. The molecule has 23 heavy (non-hydrogen) atoms. The molecule has 0 atom stereocenters. The van der Waals surface area contributed by atoms with Crippen LogP contribution < -0.4 is 5.32 Å². The number of halogens is 2. The Labute approximate surface area is 132 Å². The van der Waals surface area contributed by atoms with Crippen LogP contribution in [0.5, 0.6) is 0 Å². The minimum atomic E-state index is -0.589. The highest BCUT2D eigenvalue weighted by Gasteiger charge is 2.25. The molecule has 1 aromatic heterocycles. The fourth-order valence-electron chi connectivity index (χ4n) is 3.02. The molecule has 3 nitrogen and oxygen atoms in total. The molecule has 0 saturated carbocycles. The second kappa shape index (κ2) is 5.19. The Hall–Kier alpha value is -2.69. The van der Waals surface area contributed by atoms with Gasteiger partial charge in [0.25, 0.3) is 0 Å². The van der Waals surface area contributed by atoms with Gasteiger partial charge in [-0.25, -0.2) is 13.5 Å². The van der Waals surface area contributed by atoms with Crippen molar-refractivity contribution in [1.82, 2.24) is 9.78 Å². The number of nitrogens with zero attached hydrogens (tertiary/aromatic N) is 2. The summed E-state index contributed by atoms with van der Waals surface area (Å²) in [5.41, 5.74) is 3.92. The lowest BCUT2D eigenvalue weighted by Crippen LogP contribution is -2.04. The van der Waals surface area contributed by atoms with Crippen LogP contribution in [-0.2, 0) is 6.42 Å². The maximum atomic E-state index is 14.2. The van der Waals surface area contributed by atoms with Gasteiger partial charge in [0, 0.05) is 23.7 Å². The highest BCUT2D eigenvalue weighted by molar-refractivity contribution is 5.73. The molecule has 3 aromatic rings. The Morgan fingerprint density at radius 1 is 1.13 bits per heavy atom. The van der Waals surface area contributed by atoms with Crippen molar-refractivity contribution in [1.29, 1.82) is 0 Å². The molecule has 2 aromatic carbocycles. The second-order valence-electron chi connectivity index (χ2n) is 5.73. The first-order valence-electron chi connectivity index (χ1n) is 7.52. The maximum Gasteiger partial charge on any atom is 0.135 e. The van der Waals surface area contributed by atoms with Crippen LogP contribution >= 0.6 is 0 Å². The van der Waals surface area contributed by atoms with E-state index in [1.54, 1.807) is 4.68 Å². The lowest BCUT2D eigenvalue weighted by atomic mass is 10.1. The van der Waals surface area contributed by atoms with E-state index in [9.17, 15) is 8.78 Å². The standard InChI is InChI=1S/C18H15F2N3/c1-11-3-2-4-13(9-11)23-18-15(7-8-21-18)17(22-23)14-6-5-12(19)10-16(14)20/h2-6,9-10,21H,7-8H2,1H3. The highest BCUT2D eigenvalue weighted by atomic mass is 19.1. The van der Waals surface area contributed by atoms with Crippen molar-refractivity contribution in [2.45, 2.75) is 13.3 Å². The summed E-state index contributed by atoms with van der Waals surface area (Å²) in [5, 5.41) is 7.91. The predicted octanol–water partition coefficient (Wildman–Crippen LogP) is 4.09. The van der Waals surface area contributed by atoms with E-state index in [0.717, 1.165) is 41.7 Å². The largest absolute Gasteiger partial charge is 0.369 e. The van der Waals surface area contributed by atoms with Crippen LogP contribution in [0.25, 0.3) is 16.9 Å². The van der Waals surface area contributed by atoms with Gasteiger partial charge in [-0.2, -0.15) is 5.10 Å². The van der Waals surface area contributed by atoms with Crippen molar-refractivity contribution in [3.63, 3.8) is 0 Å². The quantitative estimate of drug-likeness (QED) is 0.772. The van der Waals surface area contributed by atoms with Gasteiger partial charge in [-0.3, -0.25) is 0 Å². The van der Waals surface area contributed by atoms with Crippen LogP contribution in [-0.4, -0.2) is 16.3 Å². The van der Waals surface area contributed by atoms with Gasteiger partial charge in [-0.1, -0.05) is 12.1 Å². The zero-order valence-corrected chi connectivity index (χ0v) is 12.6. The summed E-state index contributed by atoms with van der Waals surface area (Å²) >= 11 is 0. The van der Waals surface area contributed by atoms with Crippen LogP contribution in [0.4, 0.5) is 14.6 Å². The Balaban J connectivity index is 1.91. The Bertz CT molecular complexity index is 899. The number of hydrogen-bond donors (Lipinski definition) is 1. The van der Waals surface area contributed by atoms with E-state index in [2.05, 4.69) is 10.4 Å². The average molecular weight is 311 g/mol. The van der Waals surface area contributed by atoms with Crippen molar-refractivity contribution in [3.8, 4) is 16.9 Å². The van der Waals surface area contributed by atoms with Crippen molar-refractivity contribution in [2.24, 2.45) is 0 Å². The molecule has 4 rings (SSSR count). The molecule has 0 spiro atoms. The van der Waals surface area contributed by atoms with E-state index in [1.165, 1.54) is 12.1 Å². The highest BCUT2D eigenvalue weighted by Crippen LogP contribution is 2.35. The Morgan fingerprint density at radius 2 is 2.00 bits per heavy atom. The first-order chi connectivity index (χ1) is 11.1. The third-order valence-corrected chi connectivity index (χ3v) is 4.08. The molecule has 1 N–H and O–H groups in total. The summed E-state index contributed by atoms with van der Waals surface area (Å²) in [7, 11) is 0. The van der Waals surface area contributed by atoms with Crippen LogP contribution in [0.1, 0.15) is 11.1 Å². The summed E-state index contributed by atoms with van der Waals surface area (Å²) in [6.07, 6.45) is 0.771. The summed E-state index contributed by atoms with van der Waals surface area (Å²) < 4.78 is 29.1. The van der Waals surface area contributed by atoms with Crippen molar-refractivity contribution in [3.05, 3.63) is 65.2 Å². The van der Waals surface area contributed by atoms with Crippen LogP contribution in [0, 0.1) is 18.6 Å². The van der Waals surface area contributed by atoms with Crippen LogP contribution in [0.3, 0.4) is 0 Å². The third kappa shape index (κ3) is 2.29. The molecule has 0 amide bonds. The molecular formula is C18H15F2N3. The number of nitrogens with one attached hydrogen (secondary N) is 1.